The summed E-state index contributed by atoms with van der Waals surface area (Å²) in [5.41, 5.74) is 0. The Balaban J connectivity index is 2.88. The van der Waals surface area contributed by atoms with Crippen molar-refractivity contribution in [3.8, 4) is 0 Å². The number of thioether (sulfide) groups is 1. The lowest BCUT2D eigenvalue weighted by molar-refractivity contribution is 0.220. The van der Waals surface area contributed by atoms with E-state index in [4.69, 9.17) is 5.11 Å². The highest BCUT2D eigenvalue weighted by atomic mass is 32.2. The fourth-order valence-electron chi connectivity index (χ4n) is 1.77. The van der Waals surface area contributed by atoms with Gasteiger partial charge in [0.2, 0.25) is 0 Å². The summed E-state index contributed by atoms with van der Waals surface area (Å²) >= 11 is 1.89. The predicted molar refractivity (Wildman–Crippen MR) is 76.2 cm³/mol. The maximum Gasteiger partial charge on any atom is 0.0602 e. The maximum atomic E-state index is 9.08. The summed E-state index contributed by atoms with van der Waals surface area (Å²) in [5, 5.41) is 9.08. The molecule has 0 saturated heterocycles. The van der Waals surface area contributed by atoms with Gasteiger partial charge in [0, 0.05) is 5.75 Å². The van der Waals surface area contributed by atoms with Crippen LogP contribution in [-0.2, 0) is 0 Å². The second kappa shape index (κ2) is 13.4. The van der Waals surface area contributed by atoms with Gasteiger partial charge in [0.1, 0.15) is 0 Å². The molecule has 16 heavy (non-hydrogen) atoms. The van der Waals surface area contributed by atoms with Gasteiger partial charge in [0.15, 0.2) is 0 Å². The zero-order valence-electron chi connectivity index (χ0n) is 11.2. The summed E-state index contributed by atoms with van der Waals surface area (Å²) in [6.07, 6.45) is 12.4. The summed E-state index contributed by atoms with van der Waals surface area (Å²) in [6, 6.07) is 0. The molecule has 0 aromatic carbocycles. The minimum atomic E-state index is -0.136. The van der Waals surface area contributed by atoms with E-state index < -0.39 is 0 Å². The average molecular weight is 246 g/mol. The van der Waals surface area contributed by atoms with Crippen molar-refractivity contribution >= 4 is 11.8 Å². The van der Waals surface area contributed by atoms with Gasteiger partial charge in [-0.25, -0.2) is 0 Å². The fourth-order valence-corrected chi connectivity index (χ4v) is 2.68. The van der Waals surface area contributed by atoms with Crippen molar-refractivity contribution in [2.45, 2.75) is 77.7 Å². The average Bonchev–Trinajstić information content (AvgIpc) is 2.25. The second-order valence-electron chi connectivity index (χ2n) is 4.75. The predicted octanol–water partition coefficient (Wildman–Crippen LogP) is 4.63. The zero-order chi connectivity index (χ0) is 12.1. The lowest BCUT2D eigenvalue weighted by Crippen LogP contribution is -2.03. The van der Waals surface area contributed by atoms with Gasteiger partial charge in [-0.2, -0.15) is 11.8 Å². The molecule has 0 aliphatic carbocycles. The molecule has 0 aliphatic heterocycles. The standard InChI is InChI=1S/C14H30OS/c1-3-4-5-6-7-8-9-10-11-12-16-13-14(2)15/h14-15H,3-13H2,1-2H3. The Hall–Kier alpha value is 0.310. The minimum Gasteiger partial charge on any atom is -0.393 e. The number of aliphatic hydroxyl groups is 1. The molecule has 0 aliphatic rings. The molecule has 1 nitrogen and oxygen atoms in total. The van der Waals surface area contributed by atoms with Crippen LogP contribution in [0.25, 0.3) is 0 Å². The number of aliphatic hydroxyl groups excluding tert-OH is 1. The van der Waals surface area contributed by atoms with Crippen molar-refractivity contribution in [1.29, 1.82) is 0 Å². The highest BCUT2D eigenvalue weighted by molar-refractivity contribution is 7.99. The summed E-state index contributed by atoms with van der Waals surface area (Å²) < 4.78 is 0. The van der Waals surface area contributed by atoms with Gasteiger partial charge in [-0.15, -0.1) is 0 Å². The normalized spacial score (nSPS) is 12.9. The van der Waals surface area contributed by atoms with Crippen molar-refractivity contribution < 1.29 is 5.11 Å². The van der Waals surface area contributed by atoms with Crippen LogP contribution in [0.1, 0.15) is 71.6 Å². The van der Waals surface area contributed by atoms with Crippen LogP contribution < -0.4 is 0 Å². The first kappa shape index (κ1) is 16.3. The van der Waals surface area contributed by atoms with E-state index in [-0.39, 0.29) is 6.10 Å². The lowest BCUT2D eigenvalue weighted by Gasteiger charge is -2.04. The molecule has 0 aromatic heterocycles. The molecular weight excluding hydrogens is 216 g/mol. The number of hydrogen-bond donors (Lipinski definition) is 1. The van der Waals surface area contributed by atoms with Crippen LogP contribution in [0.2, 0.25) is 0 Å². The van der Waals surface area contributed by atoms with Crippen molar-refractivity contribution in [2.75, 3.05) is 11.5 Å². The van der Waals surface area contributed by atoms with Crippen molar-refractivity contribution in [2.24, 2.45) is 0 Å². The Labute approximate surface area is 106 Å². The molecule has 2 heteroatoms. The third kappa shape index (κ3) is 14.3. The summed E-state index contributed by atoms with van der Waals surface area (Å²) in [6.45, 7) is 4.13. The van der Waals surface area contributed by atoms with Crippen LogP contribution in [0.5, 0.6) is 0 Å². The molecule has 0 radical (unpaired) electrons. The fraction of sp³-hybridized carbons (Fsp3) is 1.00. The smallest absolute Gasteiger partial charge is 0.0602 e. The van der Waals surface area contributed by atoms with Crippen LogP contribution in [0.4, 0.5) is 0 Å². The minimum absolute atomic E-state index is 0.136. The lowest BCUT2D eigenvalue weighted by atomic mass is 10.1. The highest BCUT2D eigenvalue weighted by Gasteiger charge is 1.96. The Kier molecular flexibility index (Phi) is 13.6. The molecule has 0 saturated carbocycles. The monoisotopic (exact) mass is 246 g/mol. The molecule has 0 rings (SSSR count). The molecule has 1 N–H and O–H groups in total. The van der Waals surface area contributed by atoms with Gasteiger partial charge in [-0.1, -0.05) is 58.3 Å². The molecule has 1 unspecified atom stereocenters. The van der Waals surface area contributed by atoms with Gasteiger partial charge in [-0.05, 0) is 19.1 Å². The topological polar surface area (TPSA) is 20.2 Å². The first-order chi connectivity index (χ1) is 7.77. The molecular formula is C14H30OS. The number of rotatable bonds is 12. The summed E-state index contributed by atoms with van der Waals surface area (Å²) in [4.78, 5) is 0. The molecule has 98 valence electrons. The molecule has 0 fully saturated rings. The number of unbranched alkanes of at least 4 members (excludes halogenated alkanes) is 8. The van der Waals surface area contributed by atoms with Gasteiger partial charge in [0.25, 0.3) is 0 Å². The van der Waals surface area contributed by atoms with Crippen LogP contribution in [-0.4, -0.2) is 22.7 Å². The van der Waals surface area contributed by atoms with E-state index in [9.17, 15) is 0 Å². The molecule has 0 bridgehead atoms. The molecule has 0 amide bonds. The van der Waals surface area contributed by atoms with Crippen LogP contribution in [0.3, 0.4) is 0 Å². The van der Waals surface area contributed by atoms with Gasteiger partial charge in [0.05, 0.1) is 6.10 Å². The second-order valence-corrected chi connectivity index (χ2v) is 5.90. The van der Waals surface area contributed by atoms with E-state index >= 15 is 0 Å². The molecule has 0 spiro atoms. The Morgan fingerprint density at radius 2 is 1.38 bits per heavy atom. The van der Waals surface area contributed by atoms with Crippen molar-refractivity contribution in [3.05, 3.63) is 0 Å². The van der Waals surface area contributed by atoms with Crippen LogP contribution >= 0.6 is 11.8 Å². The third-order valence-electron chi connectivity index (χ3n) is 2.75. The first-order valence-corrected chi connectivity index (χ1v) is 8.18. The van der Waals surface area contributed by atoms with Gasteiger partial charge in [-0.3, -0.25) is 0 Å². The van der Waals surface area contributed by atoms with Gasteiger partial charge < -0.3 is 5.11 Å². The van der Waals surface area contributed by atoms with E-state index in [0.717, 1.165) is 5.75 Å². The first-order valence-electron chi connectivity index (χ1n) is 7.03. The SMILES string of the molecule is CCCCCCCCCCCSCC(C)O. The largest absolute Gasteiger partial charge is 0.393 e. The van der Waals surface area contributed by atoms with Crippen molar-refractivity contribution in [3.63, 3.8) is 0 Å². The van der Waals surface area contributed by atoms with E-state index in [0.29, 0.717) is 0 Å². The third-order valence-corrected chi connectivity index (χ3v) is 4.05. The van der Waals surface area contributed by atoms with Crippen LogP contribution in [0.15, 0.2) is 0 Å². The van der Waals surface area contributed by atoms with Gasteiger partial charge >= 0.3 is 0 Å². The van der Waals surface area contributed by atoms with Crippen molar-refractivity contribution in [1.82, 2.24) is 0 Å². The van der Waals surface area contributed by atoms with E-state index in [2.05, 4.69) is 6.92 Å². The summed E-state index contributed by atoms with van der Waals surface area (Å²) in [7, 11) is 0. The molecule has 0 aromatic rings. The quantitative estimate of drug-likeness (QED) is 0.507. The highest BCUT2D eigenvalue weighted by Crippen LogP contribution is 2.12. The summed E-state index contributed by atoms with van der Waals surface area (Å²) in [5.74, 6) is 2.12. The Morgan fingerprint density at radius 3 is 1.88 bits per heavy atom. The molecule has 1 atom stereocenters. The van der Waals surface area contributed by atoms with Crippen LogP contribution in [0, 0.1) is 0 Å². The van der Waals surface area contributed by atoms with E-state index in [1.165, 1.54) is 63.5 Å². The Bertz CT molecular complexity index is 126. The number of hydrogen-bond acceptors (Lipinski definition) is 2. The van der Waals surface area contributed by atoms with E-state index in [1.54, 1.807) is 0 Å². The zero-order valence-corrected chi connectivity index (χ0v) is 12.0. The molecule has 0 heterocycles. The maximum absolute atomic E-state index is 9.08. The van der Waals surface area contributed by atoms with E-state index in [1.807, 2.05) is 18.7 Å². The Morgan fingerprint density at radius 1 is 0.875 bits per heavy atom.